The van der Waals surface area contributed by atoms with Crippen molar-refractivity contribution in [3.05, 3.63) is 33.8 Å². The van der Waals surface area contributed by atoms with Gasteiger partial charge in [-0.25, -0.2) is 0 Å². The lowest BCUT2D eigenvalue weighted by atomic mass is 10.1. The molecule has 1 rings (SSSR count). The molecule has 5 heteroatoms. The molecule has 1 aromatic carbocycles. The van der Waals surface area contributed by atoms with Crippen LogP contribution in [-0.2, 0) is 16.0 Å². The second-order valence-corrected chi connectivity index (χ2v) is 4.25. The van der Waals surface area contributed by atoms with E-state index in [1.54, 1.807) is 12.1 Å². The van der Waals surface area contributed by atoms with Gasteiger partial charge in [0.1, 0.15) is 6.04 Å². The van der Waals surface area contributed by atoms with Crippen molar-refractivity contribution in [2.75, 3.05) is 7.11 Å². The molecule has 0 saturated carbocycles. The van der Waals surface area contributed by atoms with Crippen molar-refractivity contribution < 1.29 is 9.53 Å². The number of halogens is 2. The van der Waals surface area contributed by atoms with Crippen molar-refractivity contribution in [2.24, 2.45) is 5.73 Å². The van der Waals surface area contributed by atoms with Crippen LogP contribution < -0.4 is 5.73 Å². The van der Waals surface area contributed by atoms with Gasteiger partial charge in [-0.15, -0.1) is 0 Å². The maximum Gasteiger partial charge on any atom is 0.322 e. The Morgan fingerprint density at radius 1 is 1.50 bits per heavy atom. The summed E-state index contributed by atoms with van der Waals surface area (Å²) in [5, 5.41) is 1.18. The third-order valence-electron chi connectivity index (χ3n) is 2.24. The van der Waals surface area contributed by atoms with Gasteiger partial charge in [-0.3, -0.25) is 4.79 Å². The molecule has 0 bridgehead atoms. The number of carbonyl (C=O) groups excluding carboxylic acids is 1. The van der Waals surface area contributed by atoms with Gasteiger partial charge in [-0.2, -0.15) is 0 Å². The third-order valence-corrected chi connectivity index (χ3v) is 2.83. The van der Waals surface area contributed by atoms with E-state index in [-0.39, 0.29) is 0 Å². The molecule has 0 aliphatic carbocycles. The zero-order valence-corrected chi connectivity index (χ0v) is 10.4. The first-order valence-corrected chi connectivity index (χ1v) is 5.57. The number of benzene rings is 1. The molecule has 1 atom stereocenters. The molecule has 16 heavy (non-hydrogen) atoms. The molecule has 0 heterocycles. The molecule has 88 valence electrons. The normalized spacial score (nSPS) is 12.2. The fourth-order valence-corrected chi connectivity index (χ4v) is 1.81. The monoisotopic (exact) mass is 261 g/mol. The van der Waals surface area contributed by atoms with Crippen LogP contribution in [0.3, 0.4) is 0 Å². The van der Waals surface area contributed by atoms with Gasteiger partial charge in [0.25, 0.3) is 0 Å². The number of ether oxygens (including phenoxy) is 1. The Balaban J connectivity index is 2.58. The number of methoxy groups -OCH3 is 1. The molecule has 1 unspecified atom stereocenters. The highest BCUT2D eigenvalue weighted by Gasteiger charge is 2.14. The fraction of sp³-hybridized carbons (Fsp3) is 0.364. The molecular formula is C11H13Cl2NO2. The highest BCUT2D eigenvalue weighted by molar-refractivity contribution is 6.35. The predicted molar refractivity (Wildman–Crippen MR) is 64.8 cm³/mol. The van der Waals surface area contributed by atoms with Crippen LogP contribution in [0.4, 0.5) is 0 Å². The molecule has 0 radical (unpaired) electrons. The Morgan fingerprint density at radius 3 is 2.75 bits per heavy atom. The Labute approximate surface area is 104 Å². The van der Waals surface area contributed by atoms with Crippen molar-refractivity contribution in [3.8, 4) is 0 Å². The summed E-state index contributed by atoms with van der Waals surface area (Å²) in [6.07, 6.45) is 1.11. The number of carbonyl (C=O) groups is 1. The van der Waals surface area contributed by atoms with E-state index in [1.807, 2.05) is 6.07 Å². The smallest absolute Gasteiger partial charge is 0.322 e. The van der Waals surface area contributed by atoms with Crippen LogP contribution in [0.5, 0.6) is 0 Å². The summed E-state index contributed by atoms with van der Waals surface area (Å²) in [5.74, 6) is -0.412. The molecule has 0 amide bonds. The summed E-state index contributed by atoms with van der Waals surface area (Å²) >= 11 is 11.8. The topological polar surface area (TPSA) is 52.3 Å². The standard InChI is InChI=1S/C11H13Cl2NO2/c1-16-11(15)10(14)5-3-7-2-4-8(12)6-9(7)13/h2,4,6,10H,3,5,14H2,1H3. The largest absolute Gasteiger partial charge is 0.468 e. The van der Waals surface area contributed by atoms with Crippen molar-refractivity contribution in [1.29, 1.82) is 0 Å². The minimum Gasteiger partial charge on any atom is -0.468 e. The molecule has 0 saturated heterocycles. The molecule has 0 fully saturated rings. The van der Waals surface area contributed by atoms with Gasteiger partial charge in [-0.05, 0) is 30.5 Å². The van der Waals surface area contributed by atoms with E-state index in [0.29, 0.717) is 22.9 Å². The van der Waals surface area contributed by atoms with E-state index >= 15 is 0 Å². The molecule has 1 aromatic rings. The lowest BCUT2D eigenvalue weighted by Gasteiger charge is -2.09. The van der Waals surface area contributed by atoms with Crippen LogP contribution in [0, 0.1) is 0 Å². The first kappa shape index (κ1) is 13.3. The number of hydrogen-bond donors (Lipinski definition) is 1. The number of nitrogens with two attached hydrogens (primary N) is 1. The molecule has 3 nitrogen and oxygen atoms in total. The second-order valence-electron chi connectivity index (χ2n) is 3.40. The quantitative estimate of drug-likeness (QED) is 0.848. The summed E-state index contributed by atoms with van der Waals surface area (Å²) in [6.45, 7) is 0. The van der Waals surface area contributed by atoms with Crippen molar-refractivity contribution >= 4 is 29.2 Å². The van der Waals surface area contributed by atoms with Gasteiger partial charge in [0, 0.05) is 10.0 Å². The first-order valence-electron chi connectivity index (χ1n) is 4.82. The van der Waals surface area contributed by atoms with E-state index in [9.17, 15) is 4.79 Å². The maximum atomic E-state index is 11.1. The molecular weight excluding hydrogens is 249 g/mol. The third kappa shape index (κ3) is 3.67. The van der Waals surface area contributed by atoms with Gasteiger partial charge in [0.15, 0.2) is 0 Å². The van der Waals surface area contributed by atoms with Gasteiger partial charge < -0.3 is 10.5 Å². The van der Waals surface area contributed by atoms with E-state index in [2.05, 4.69) is 4.74 Å². The van der Waals surface area contributed by atoms with Crippen LogP contribution in [0.1, 0.15) is 12.0 Å². The van der Waals surface area contributed by atoms with Crippen LogP contribution in [-0.4, -0.2) is 19.1 Å². The Bertz CT molecular complexity index is 382. The lowest BCUT2D eigenvalue weighted by molar-refractivity contribution is -0.142. The molecule has 0 aromatic heterocycles. The van der Waals surface area contributed by atoms with E-state index in [0.717, 1.165) is 5.56 Å². The van der Waals surface area contributed by atoms with Gasteiger partial charge in [0.05, 0.1) is 7.11 Å². The number of hydrogen-bond acceptors (Lipinski definition) is 3. The number of rotatable bonds is 4. The van der Waals surface area contributed by atoms with Crippen LogP contribution in [0.25, 0.3) is 0 Å². The van der Waals surface area contributed by atoms with E-state index in [4.69, 9.17) is 28.9 Å². The Hall–Kier alpha value is -0.770. The molecule has 0 spiro atoms. The minimum absolute atomic E-state index is 0.412. The Kier molecular flexibility index (Phi) is 5.06. The highest BCUT2D eigenvalue weighted by atomic mass is 35.5. The van der Waals surface area contributed by atoms with Gasteiger partial charge >= 0.3 is 5.97 Å². The van der Waals surface area contributed by atoms with E-state index < -0.39 is 12.0 Å². The van der Waals surface area contributed by atoms with Crippen LogP contribution in [0.2, 0.25) is 10.0 Å². The zero-order valence-electron chi connectivity index (χ0n) is 8.87. The summed E-state index contributed by atoms with van der Waals surface area (Å²) in [4.78, 5) is 11.1. The number of esters is 1. The molecule has 2 N–H and O–H groups in total. The summed E-state index contributed by atoms with van der Waals surface area (Å²) in [7, 11) is 1.32. The maximum absolute atomic E-state index is 11.1. The molecule has 0 aliphatic rings. The first-order chi connectivity index (χ1) is 7.54. The minimum atomic E-state index is -0.614. The predicted octanol–water partition coefficient (Wildman–Crippen LogP) is 2.43. The summed E-state index contributed by atoms with van der Waals surface area (Å²) in [5.41, 5.74) is 6.53. The van der Waals surface area contributed by atoms with Crippen molar-refractivity contribution in [1.82, 2.24) is 0 Å². The average molecular weight is 262 g/mol. The molecule has 0 aliphatic heterocycles. The average Bonchev–Trinajstić information content (AvgIpc) is 2.26. The number of aryl methyl sites for hydroxylation is 1. The van der Waals surface area contributed by atoms with Crippen LogP contribution in [0.15, 0.2) is 18.2 Å². The Morgan fingerprint density at radius 2 is 2.19 bits per heavy atom. The van der Waals surface area contributed by atoms with Crippen molar-refractivity contribution in [2.45, 2.75) is 18.9 Å². The van der Waals surface area contributed by atoms with Crippen molar-refractivity contribution in [3.63, 3.8) is 0 Å². The zero-order chi connectivity index (χ0) is 12.1. The highest BCUT2D eigenvalue weighted by Crippen LogP contribution is 2.22. The summed E-state index contributed by atoms with van der Waals surface area (Å²) < 4.78 is 4.53. The van der Waals surface area contributed by atoms with Gasteiger partial charge in [-0.1, -0.05) is 29.3 Å². The van der Waals surface area contributed by atoms with Gasteiger partial charge in [0.2, 0.25) is 0 Å². The SMILES string of the molecule is COC(=O)C(N)CCc1ccc(Cl)cc1Cl. The second kappa shape index (κ2) is 6.09. The summed E-state index contributed by atoms with van der Waals surface area (Å²) in [6, 6.07) is 4.64. The fourth-order valence-electron chi connectivity index (χ4n) is 1.30. The lowest BCUT2D eigenvalue weighted by Crippen LogP contribution is -2.31. The van der Waals surface area contributed by atoms with Crippen LogP contribution >= 0.6 is 23.2 Å². The van der Waals surface area contributed by atoms with E-state index in [1.165, 1.54) is 7.11 Å².